The molecule has 90 valence electrons. The average Bonchev–Trinajstić information content (AvgIpc) is 2.70. The maximum Gasteiger partial charge on any atom is 0.166 e. The summed E-state index contributed by atoms with van der Waals surface area (Å²) < 4.78 is 0. The molecular weight excluding hydrogens is 220 g/mol. The molecule has 0 spiro atoms. The monoisotopic (exact) mass is 236 g/mol. The average molecular weight is 236 g/mol. The first-order valence-electron chi connectivity index (χ1n) is 6.42. The molecule has 1 nitrogen and oxygen atoms in total. The number of hydrogen-bond acceptors (Lipinski definition) is 1. The first-order valence-corrected chi connectivity index (χ1v) is 6.42. The molecule has 0 aliphatic heterocycles. The van der Waals surface area contributed by atoms with Crippen LogP contribution in [0.2, 0.25) is 0 Å². The SMILES string of the molecule is Cc1ccccc1CC1Cc2ccccc2C1=O. The van der Waals surface area contributed by atoms with Crippen molar-refractivity contribution in [1.29, 1.82) is 0 Å². The zero-order valence-electron chi connectivity index (χ0n) is 10.5. The third-order valence-electron chi connectivity index (χ3n) is 3.85. The molecule has 0 fully saturated rings. The zero-order valence-corrected chi connectivity index (χ0v) is 10.5. The van der Waals surface area contributed by atoms with E-state index in [1.54, 1.807) is 0 Å². The number of carbonyl (C=O) groups excluding carboxylic acids is 1. The molecule has 18 heavy (non-hydrogen) atoms. The fraction of sp³-hybridized carbons (Fsp3) is 0.235. The second-order valence-corrected chi connectivity index (χ2v) is 5.05. The molecule has 1 aliphatic rings. The van der Waals surface area contributed by atoms with E-state index in [0.29, 0.717) is 5.78 Å². The summed E-state index contributed by atoms with van der Waals surface area (Å²) in [5.74, 6) is 0.442. The number of Topliss-reactive ketones (excluding diaryl/α,β-unsaturated/α-hetero) is 1. The van der Waals surface area contributed by atoms with Gasteiger partial charge < -0.3 is 0 Å². The Labute approximate surface area is 107 Å². The van der Waals surface area contributed by atoms with Crippen LogP contribution in [0.3, 0.4) is 0 Å². The van der Waals surface area contributed by atoms with E-state index in [1.165, 1.54) is 16.7 Å². The van der Waals surface area contributed by atoms with Crippen molar-refractivity contribution in [3.05, 3.63) is 70.8 Å². The molecule has 0 aromatic heterocycles. The third kappa shape index (κ3) is 1.86. The molecule has 0 heterocycles. The molecule has 1 atom stereocenters. The van der Waals surface area contributed by atoms with Gasteiger partial charge in [0.1, 0.15) is 0 Å². The van der Waals surface area contributed by atoms with Crippen molar-refractivity contribution in [2.24, 2.45) is 5.92 Å². The summed E-state index contributed by atoms with van der Waals surface area (Å²) in [6, 6.07) is 16.3. The van der Waals surface area contributed by atoms with E-state index < -0.39 is 0 Å². The van der Waals surface area contributed by atoms with Gasteiger partial charge in [-0.2, -0.15) is 0 Å². The highest BCUT2D eigenvalue weighted by Gasteiger charge is 2.30. The lowest BCUT2D eigenvalue weighted by atomic mass is 9.93. The van der Waals surface area contributed by atoms with Gasteiger partial charge in [-0.3, -0.25) is 4.79 Å². The number of aryl methyl sites for hydroxylation is 1. The van der Waals surface area contributed by atoms with E-state index in [4.69, 9.17) is 0 Å². The van der Waals surface area contributed by atoms with Crippen molar-refractivity contribution >= 4 is 5.78 Å². The molecule has 1 aliphatic carbocycles. The van der Waals surface area contributed by atoms with Gasteiger partial charge in [0.2, 0.25) is 0 Å². The lowest BCUT2D eigenvalue weighted by Crippen LogP contribution is -2.12. The van der Waals surface area contributed by atoms with Gasteiger partial charge in [0.05, 0.1) is 0 Å². The molecule has 0 radical (unpaired) electrons. The van der Waals surface area contributed by atoms with E-state index in [9.17, 15) is 4.79 Å². The van der Waals surface area contributed by atoms with Gasteiger partial charge in [-0.05, 0) is 36.5 Å². The van der Waals surface area contributed by atoms with Crippen LogP contribution in [0.15, 0.2) is 48.5 Å². The Hall–Kier alpha value is -1.89. The zero-order chi connectivity index (χ0) is 12.5. The minimum atomic E-state index is 0.128. The van der Waals surface area contributed by atoms with Crippen molar-refractivity contribution in [1.82, 2.24) is 0 Å². The Bertz CT molecular complexity index is 598. The lowest BCUT2D eigenvalue weighted by molar-refractivity contribution is 0.0936. The van der Waals surface area contributed by atoms with Gasteiger partial charge in [0, 0.05) is 11.5 Å². The van der Waals surface area contributed by atoms with Gasteiger partial charge in [-0.15, -0.1) is 0 Å². The van der Waals surface area contributed by atoms with Crippen molar-refractivity contribution in [3.8, 4) is 0 Å². The van der Waals surface area contributed by atoms with Gasteiger partial charge in [-0.1, -0.05) is 48.5 Å². The van der Waals surface area contributed by atoms with Crippen LogP contribution < -0.4 is 0 Å². The molecule has 2 aromatic carbocycles. The van der Waals surface area contributed by atoms with Crippen LogP contribution in [-0.2, 0) is 12.8 Å². The Morgan fingerprint density at radius 1 is 1.06 bits per heavy atom. The topological polar surface area (TPSA) is 17.1 Å². The van der Waals surface area contributed by atoms with Crippen molar-refractivity contribution in [2.45, 2.75) is 19.8 Å². The maximum atomic E-state index is 12.3. The largest absolute Gasteiger partial charge is 0.294 e. The van der Waals surface area contributed by atoms with Crippen molar-refractivity contribution in [3.63, 3.8) is 0 Å². The van der Waals surface area contributed by atoms with E-state index in [2.05, 4.69) is 31.2 Å². The highest BCUT2D eigenvalue weighted by molar-refractivity contribution is 6.02. The van der Waals surface area contributed by atoms with Crippen LogP contribution in [0.1, 0.15) is 27.0 Å². The standard InChI is InChI=1S/C17H16O/c1-12-6-2-3-7-13(12)10-15-11-14-8-4-5-9-16(14)17(15)18/h2-9,15H,10-11H2,1H3. The fourth-order valence-electron chi connectivity index (χ4n) is 2.79. The number of carbonyl (C=O) groups is 1. The molecule has 1 heteroatoms. The summed E-state index contributed by atoms with van der Waals surface area (Å²) in [4.78, 5) is 12.3. The Morgan fingerprint density at radius 2 is 1.78 bits per heavy atom. The number of ketones is 1. The predicted molar refractivity (Wildman–Crippen MR) is 72.8 cm³/mol. The fourth-order valence-corrected chi connectivity index (χ4v) is 2.79. The molecule has 0 saturated carbocycles. The number of benzene rings is 2. The van der Waals surface area contributed by atoms with E-state index >= 15 is 0 Å². The summed E-state index contributed by atoms with van der Waals surface area (Å²) in [6.07, 6.45) is 1.75. The quantitative estimate of drug-likeness (QED) is 0.778. The molecule has 0 amide bonds. The van der Waals surface area contributed by atoms with Crippen LogP contribution in [-0.4, -0.2) is 5.78 Å². The van der Waals surface area contributed by atoms with Crippen molar-refractivity contribution < 1.29 is 4.79 Å². The minimum Gasteiger partial charge on any atom is -0.294 e. The van der Waals surface area contributed by atoms with E-state index in [0.717, 1.165) is 18.4 Å². The van der Waals surface area contributed by atoms with Crippen LogP contribution in [0.5, 0.6) is 0 Å². The number of fused-ring (bicyclic) bond motifs is 1. The van der Waals surface area contributed by atoms with Crippen molar-refractivity contribution in [2.75, 3.05) is 0 Å². The smallest absolute Gasteiger partial charge is 0.166 e. The van der Waals surface area contributed by atoms with Crippen LogP contribution >= 0.6 is 0 Å². The van der Waals surface area contributed by atoms with Gasteiger partial charge in [-0.25, -0.2) is 0 Å². The number of rotatable bonds is 2. The minimum absolute atomic E-state index is 0.128. The summed E-state index contributed by atoms with van der Waals surface area (Å²) in [5.41, 5.74) is 4.71. The molecule has 3 rings (SSSR count). The lowest BCUT2D eigenvalue weighted by Gasteiger charge is -2.10. The third-order valence-corrected chi connectivity index (χ3v) is 3.85. The normalized spacial score (nSPS) is 17.8. The Balaban J connectivity index is 1.86. The Kier molecular flexibility index (Phi) is 2.75. The number of hydrogen-bond donors (Lipinski definition) is 0. The summed E-state index contributed by atoms with van der Waals surface area (Å²) in [5, 5.41) is 0. The first kappa shape index (κ1) is 11.2. The Morgan fingerprint density at radius 3 is 2.56 bits per heavy atom. The molecular formula is C17H16O. The van der Waals surface area contributed by atoms with Gasteiger partial charge >= 0.3 is 0 Å². The summed E-state index contributed by atoms with van der Waals surface area (Å²) in [6.45, 7) is 2.11. The molecule has 0 N–H and O–H groups in total. The molecule has 0 saturated heterocycles. The molecule has 2 aromatic rings. The van der Waals surface area contributed by atoms with Crippen LogP contribution in [0, 0.1) is 12.8 Å². The summed E-state index contributed by atoms with van der Waals surface area (Å²) in [7, 11) is 0. The van der Waals surface area contributed by atoms with E-state index in [1.807, 2.05) is 24.3 Å². The van der Waals surface area contributed by atoms with Crippen LogP contribution in [0.25, 0.3) is 0 Å². The van der Waals surface area contributed by atoms with Crippen LogP contribution in [0.4, 0.5) is 0 Å². The second-order valence-electron chi connectivity index (χ2n) is 5.05. The highest BCUT2D eigenvalue weighted by Crippen LogP contribution is 2.29. The maximum absolute atomic E-state index is 12.3. The van der Waals surface area contributed by atoms with E-state index in [-0.39, 0.29) is 5.92 Å². The predicted octanol–water partition coefficient (Wildman–Crippen LogP) is 3.59. The summed E-state index contributed by atoms with van der Waals surface area (Å²) >= 11 is 0. The van der Waals surface area contributed by atoms with Gasteiger partial charge in [0.25, 0.3) is 0 Å². The van der Waals surface area contributed by atoms with Gasteiger partial charge in [0.15, 0.2) is 5.78 Å². The highest BCUT2D eigenvalue weighted by atomic mass is 16.1. The molecule has 0 bridgehead atoms. The molecule has 1 unspecified atom stereocenters. The first-order chi connectivity index (χ1) is 8.75. The second kappa shape index (κ2) is 4.41.